The first-order valence-electron chi connectivity index (χ1n) is 7.59. The van der Waals surface area contributed by atoms with Gasteiger partial charge in [-0.3, -0.25) is 5.32 Å². The van der Waals surface area contributed by atoms with Crippen molar-refractivity contribution in [3.63, 3.8) is 0 Å². The highest BCUT2D eigenvalue weighted by Crippen LogP contribution is 2.30. The molecular weight excluding hydrogens is 290 g/mol. The first kappa shape index (κ1) is 24.2. The number of rotatable bonds is 5. The topological polar surface area (TPSA) is 76.6 Å². The van der Waals surface area contributed by atoms with Crippen LogP contribution < -0.4 is 11.5 Å². The molecule has 0 saturated carbocycles. The summed E-state index contributed by atoms with van der Waals surface area (Å²) in [5, 5.41) is 3.52. The van der Waals surface area contributed by atoms with Gasteiger partial charge in [0.25, 0.3) is 0 Å². The summed E-state index contributed by atoms with van der Waals surface area (Å²) in [6, 6.07) is 0.459. The van der Waals surface area contributed by atoms with E-state index >= 15 is 0 Å². The van der Waals surface area contributed by atoms with E-state index in [2.05, 4.69) is 55.3 Å². The fourth-order valence-corrected chi connectivity index (χ4v) is 3.00. The molecule has 1 heterocycles. The van der Waals surface area contributed by atoms with Gasteiger partial charge < -0.3 is 20.6 Å². The first-order valence-corrected chi connectivity index (χ1v) is 7.59. The number of nitrogens with one attached hydrogen (secondary N) is 1. The molecule has 2 unspecified atom stereocenters. The summed E-state index contributed by atoms with van der Waals surface area (Å²) in [6.07, 6.45) is 9.10. The van der Waals surface area contributed by atoms with Crippen LogP contribution in [0.5, 0.6) is 0 Å². The van der Waals surface area contributed by atoms with Crippen LogP contribution in [-0.2, 0) is 9.53 Å². The smallest absolute Gasteiger partial charge is 0.106 e. The lowest BCUT2D eigenvalue weighted by molar-refractivity contribution is -0.0979. The normalized spacial score (nSPS) is 23.8. The average Bonchev–Trinajstić information content (AvgIpc) is 2.86. The van der Waals surface area contributed by atoms with Crippen LogP contribution in [0.4, 0.5) is 0 Å². The van der Waals surface area contributed by atoms with Gasteiger partial charge in [-0.1, -0.05) is 52.5 Å². The minimum atomic E-state index is 0. The van der Waals surface area contributed by atoms with Crippen LogP contribution in [0.2, 0.25) is 0 Å². The largest absolute Gasteiger partial charge is 0.370 e. The molecule has 0 aromatic rings. The summed E-state index contributed by atoms with van der Waals surface area (Å²) in [5.41, 5.74) is 0.248. The van der Waals surface area contributed by atoms with Crippen molar-refractivity contribution in [2.45, 2.75) is 34.2 Å². The Labute approximate surface area is 142 Å². The average molecular weight is 328 g/mol. The molecule has 0 aromatic carbocycles. The van der Waals surface area contributed by atoms with Crippen LogP contribution in [0.15, 0.2) is 24.3 Å². The van der Waals surface area contributed by atoms with Crippen molar-refractivity contribution in [3.8, 4) is 0 Å². The second-order valence-corrected chi connectivity index (χ2v) is 6.87. The van der Waals surface area contributed by atoms with E-state index in [0.717, 1.165) is 6.54 Å². The van der Waals surface area contributed by atoms with Crippen LogP contribution in [0.1, 0.15) is 28.2 Å². The maximum Gasteiger partial charge on any atom is 0.106 e. The van der Waals surface area contributed by atoms with Crippen LogP contribution in [-0.4, -0.2) is 51.2 Å². The molecule has 136 valence electrons. The number of nitrogens with zero attached hydrogens (tertiary/aromatic N) is 1. The molecule has 0 amide bonds. The number of methoxy groups -OCH3 is 1. The minimum absolute atomic E-state index is 0. The zero-order chi connectivity index (χ0) is 15.9. The zero-order valence-corrected chi connectivity index (χ0v) is 14.5. The van der Waals surface area contributed by atoms with Crippen molar-refractivity contribution in [2.75, 3.05) is 33.5 Å². The Morgan fingerprint density at radius 3 is 2.09 bits per heavy atom. The molecule has 3 atom stereocenters. The number of carbonyl (C=O) groups excluding carboxylic acids is 1. The molecule has 0 spiro atoms. The fourth-order valence-electron chi connectivity index (χ4n) is 3.00. The number of ether oxygens (including phenoxy) is 1. The Balaban J connectivity index is 0. The molecule has 0 radical (unpaired) electrons. The highest BCUT2D eigenvalue weighted by atomic mass is 16.5. The van der Waals surface area contributed by atoms with Crippen molar-refractivity contribution in [1.29, 1.82) is 0 Å². The summed E-state index contributed by atoms with van der Waals surface area (Å²) in [6.45, 7) is 13.0. The molecule has 1 aliphatic carbocycles. The monoisotopic (exact) mass is 327 g/mol. The van der Waals surface area contributed by atoms with Gasteiger partial charge in [0.15, 0.2) is 0 Å². The van der Waals surface area contributed by atoms with Crippen molar-refractivity contribution >= 4 is 6.79 Å². The lowest BCUT2D eigenvalue weighted by Crippen LogP contribution is -2.48. The molecule has 2 rings (SSSR count). The van der Waals surface area contributed by atoms with Crippen molar-refractivity contribution < 1.29 is 9.53 Å². The SMILES string of the molecule is C.C=O.COCN[C@H](CN1CC2C=CC=CC2C1)C(C)(C)C.N. The molecule has 5 nitrogen and oxygen atoms in total. The van der Waals surface area contributed by atoms with Gasteiger partial charge in [0.1, 0.15) is 6.79 Å². The van der Waals surface area contributed by atoms with E-state index in [-0.39, 0.29) is 19.0 Å². The van der Waals surface area contributed by atoms with Crippen molar-refractivity contribution in [1.82, 2.24) is 16.4 Å². The highest BCUT2D eigenvalue weighted by molar-refractivity contribution is 5.17. The second kappa shape index (κ2) is 11.5. The Kier molecular flexibility index (Phi) is 12.1. The minimum Gasteiger partial charge on any atom is -0.370 e. The second-order valence-electron chi connectivity index (χ2n) is 6.87. The van der Waals surface area contributed by atoms with E-state index < -0.39 is 0 Å². The standard InChI is InChI=1S/C16H28N2O.CH2O.CH4.H3N/c1-16(2,3)15(17-12-19-4)11-18-9-13-7-5-6-8-14(13)10-18;1-2;;/h5-8,13-15,17H,9-12H2,1-4H3;1H2;1H4;1H3/t13?,14?,15-;;;/m1.../s1. The van der Waals surface area contributed by atoms with Crippen LogP contribution in [0.25, 0.3) is 0 Å². The predicted octanol–water partition coefficient (Wildman–Crippen LogP) is 2.88. The van der Waals surface area contributed by atoms with Gasteiger partial charge in [0.2, 0.25) is 0 Å². The first-order chi connectivity index (χ1) is 10.0. The van der Waals surface area contributed by atoms with E-state index in [9.17, 15) is 0 Å². The van der Waals surface area contributed by atoms with Crippen LogP contribution >= 0.6 is 0 Å². The van der Waals surface area contributed by atoms with Crippen LogP contribution in [0.3, 0.4) is 0 Å². The molecule has 23 heavy (non-hydrogen) atoms. The molecule has 0 aromatic heterocycles. The number of fused-ring (bicyclic) bond motifs is 1. The summed E-state index contributed by atoms with van der Waals surface area (Å²) in [7, 11) is 1.74. The zero-order valence-electron chi connectivity index (χ0n) is 14.5. The number of hydrogen-bond acceptors (Lipinski definition) is 5. The summed E-state index contributed by atoms with van der Waals surface area (Å²) < 4.78 is 5.17. The summed E-state index contributed by atoms with van der Waals surface area (Å²) >= 11 is 0. The molecule has 2 aliphatic rings. The Bertz CT molecular complexity index is 344. The molecule has 1 aliphatic heterocycles. The quantitative estimate of drug-likeness (QED) is 0.759. The van der Waals surface area contributed by atoms with Crippen molar-refractivity contribution in [2.24, 2.45) is 17.3 Å². The molecule has 1 fully saturated rings. The number of carbonyl (C=O) groups is 1. The number of hydrogen-bond donors (Lipinski definition) is 2. The van der Waals surface area contributed by atoms with E-state index in [0.29, 0.717) is 24.6 Å². The lowest BCUT2D eigenvalue weighted by atomic mass is 9.86. The third-order valence-corrected chi connectivity index (χ3v) is 4.28. The fraction of sp³-hybridized carbons (Fsp3) is 0.722. The maximum atomic E-state index is 8.00. The van der Waals surface area contributed by atoms with Crippen molar-refractivity contribution in [3.05, 3.63) is 24.3 Å². The summed E-state index contributed by atoms with van der Waals surface area (Å²) in [5.74, 6) is 1.43. The molecule has 4 N–H and O–H groups in total. The Hall–Kier alpha value is -1.01. The van der Waals surface area contributed by atoms with E-state index in [1.54, 1.807) is 7.11 Å². The maximum absolute atomic E-state index is 8.00. The Morgan fingerprint density at radius 1 is 1.22 bits per heavy atom. The third kappa shape index (κ3) is 7.40. The number of allylic oxidation sites excluding steroid dienone is 2. The number of likely N-dealkylation sites (tertiary alicyclic amines) is 1. The molecular formula is C18H37N3O2. The van der Waals surface area contributed by atoms with Gasteiger partial charge in [0, 0.05) is 32.8 Å². The highest BCUT2D eigenvalue weighted by Gasteiger charge is 2.33. The van der Waals surface area contributed by atoms with Gasteiger partial charge >= 0.3 is 0 Å². The predicted molar refractivity (Wildman–Crippen MR) is 98.8 cm³/mol. The van der Waals surface area contributed by atoms with E-state index in [1.165, 1.54) is 13.1 Å². The van der Waals surface area contributed by atoms with Crippen LogP contribution in [0, 0.1) is 17.3 Å². The lowest BCUT2D eigenvalue weighted by Gasteiger charge is -2.34. The van der Waals surface area contributed by atoms with Gasteiger partial charge in [-0.05, 0) is 17.3 Å². The van der Waals surface area contributed by atoms with Gasteiger partial charge in [0.05, 0.1) is 6.73 Å². The van der Waals surface area contributed by atoms with E-state index in [1.807, 2.05) is 6.79 Å². The summed E-state index contributed by atoms with van der Waals surface area (Å²) in [4.78, 5) is 10.6. The Morgan fingerprint density at radius 2 is 1.70 bits per heavy atom. The molecule has 5 heteroatoms. The van der Waals surface area contributed by atoms with Gasteiger partial charge in [-0.2, -0.15) is 0 Å². The van der Waals surface area contributed by atoms with Gasteiger partial charge in [-0.15, -0.1) is 0 Å². The van der Waals surface area contributed by atoms with Gasteiger partial charge in [-0.25, -0.2) is 0 Å². The molecule has 1 saturated heterocycles. The van der Waals surface area contributed by atoms with E-state index in [4.69, 9.17) is 9.53 Å². The third-order valence-electron chi connectivity index (χ3n) is 4.28. The molecule has 0 bridgehead atoms.